The summed E-state index contributed by atoms with van der Waals surface area (Å²) >= 11 is 0. The van der Waals surface area contributed by atoms with Gasteiger partial charge in [0, 0.05) is 5.39 Å². The minimum atomic E-state index is -0.197. The van der Waals surface area contributed by atoms with Gasteiger partial charge in [-0.2, -0.15) is 0 Å². The van der Waals surface area contributed by atoms with Gasteiger partial charge in [0.25, 0.3) is 0 Å². The van der Waals surface area contributed by atoms with E-state index in [9.17, 15) is 4.79 Å². The monoisotopic (exact) mass is 286 g/mol. The maximum atomic E-state index is 11.9. The van der Waals surface area contributed by atoms with Crippen LogP contribution in [0.5, 0.6) is 5.75 Å². The van der Waals surface area contributed by atoms with E-state index in [4.69, 9.17) is 9.47 Å². The molecule has 0 bridgehead atoms. The highest BCUT2D eigenvalue weighted by molar-refractivity contribution is 5.93. The Morgan fingerprint density at radius 2 is 1.81 bits per heavy atom. The van der Waals surface area contributed by atoms with Crippen LogP contribution in [0.4, 0.5) is 0 Å². The molecular weight excluding hydrogens is 264 g/mol. The van der Waals surface area contributed by atoms with Crippen molar-refractivity contribution >= 4 is 16.7 Å². The van der Waals surface area contributed by atoms with Crippen LogP contribution in [-0.4, -0.2) is 18.7 Å². The van der Waals surface area contributed by atoms with E-state index in [-0.39, 0.29) is 18.5 Å². The van der Waals surface area contributed by atoms with Crippen LogP contribution < -0.4 is 4.74 Å². The van der Waals surface area contributed by atoms with E-state index in [2.05, 4.69) is 6.92 Å². The van der Waals surface area contributed by atoms with Crippen molar-refractivity contribution in [3.8, 4) is 5.75 Å². The van der Waals surface area contributed by atoms with Crippen LogP contribution in [0.25, 0.3) is 10.8 Å². The zero-order chi connectivity index (χ0) is 15.2. The molecule has 3 nitrogen and oxygen atoms in total. The van der Waals surface area contributed by atoms with Gasteiger partial charge in [0.05, 0.1) is 19.1 Å². The van der Waals surface area contributed by atoms with E-state index in [0.717, 1.165) is 28.5 Å². The third-order valence-electron chi connectivity index (χ3n) is 3.14. The summed E-state index contributed by atoms with van der Waals surface area (Å²) in [6.07, 6.45) is 1.17. The second-order valence-corrected chi connectivity index (χ2v) is 5.33. The van der Waals surface area contributed by atoms with Gasteiger partial charge in [-0.25, -0.2) is 0 Å². The SMILES string of the molecule is CCCOc1ccc(CC(=O)OC(C)C)c2ccccc12. The molecule has 0 amide bonds. The van der Waals surface area contributed by atoms with Crippen LogP contribution in [0.1, 0.15) is 32.8 Å². The minimum Gasteiger partial charge on any atom is -0.493 e. The first kappa shape index (κ1) is 15.4. The molecular formula is C18H22O3. The Balaban J connectivity index is 2.31. The molecule has 0 aromatic heterocycles. The van der Waals surface area contributed by atoms with E-state index >= 15 is 0 Å². The summed E-state index contributed by atoms with van der Waals surface area (Å²) in [5, 5.41) is 2.09. The molecule has 0 atom stereocenters. The van der Waals surface area contributed by atoms with Gasteiger partial charge in [-0.15, -0.1) is 0 Å². The number of ether oxygens (including phenoxy) is 2. The Morgan fingerprint density at radius 3 is 2.48 bits per heavy atom. The second-order valence-electron chi connectivity index (χ2n) is 5.33. The molecule has 0 aliphatic rings. The molecule has 0 aliphatic heterocycles. The molecule has 0 heterocycles. The zero-order valence-corrected chi connectivity index (χ0v) is 12.9. The maximum Gasteiger partial charge on any atom is 0.310 e. The summed E-state index contributed by atoms with van der Waals surface area (Å²) in [4.78, 5) is 11.9. The third-order valence-corrected chi connectivity index (χ3v) is 3.14. The van der Waals surface area contributed by atoms with Gasteiger partial charge in [-0.05, 0) is 37.3 Å². The predicted molar refractivity (Wildman–Crippen MR) is 84.7 cm³/mol. The van der Waals surface area contributed by atoms with Gasteiger partial charge in [-0.1, -0.05) is 37.3 Å². The lowest BCUT2D eigenvalue weighted by Crippen LogP contribution is -2.13. The first-order chi connectivity index (χ1) is 10.1. The quantitative estimate of drug-likeness (QED) is 0.749. The molecule has 0 saturated carbocycles. The van der Waals surface area contributed by atoms with Crippen molar-refractivity contribution in [2.75, 3.05) is 6.61 Å². The summed E-state index contributed by atoms with van der Waals surface area (Å²) in [5.74, 6) is 0.672. The normalized spacial score (nSPS) is 10.9. The molecule has 0 unspecified atom stereocenters. The summed E-state index contributed by atoms with van der Waals surface area (Å²) in [6.45, 7) is 6.49. The fraction of sp³-hybridized carbons (Fsp3) is 0.389. The Bertz CT molecular complexity index is 617. The lowest BCUT2D eigenvalue weighted by molar-refractivity contribution is -0.146. The Morgan fingerprint density at radius 1 is 1.10 bits per heavy atom. The average molecular weight is 286 g/mol. The fourth-order valence-corrected chi connectivity index (χ4v) is 2.29. The molecule has 3 heteroatoms. The summed E-state index contributed by atoms with van der Waals surface area (Å²) < 4.78 is 11.0. The molecule has 21 heavy (non-hydrogen) atoms. The standard InChI is InChI=1S/C18H22O3/c1-4-11-20-17-10-9-14(12-18(19)21-13(2)3)15-7-5-6-8-16(15)17/h5-10,13H,4,11-12H2,1-3H3. The van der Waals surface area contributed by atoms with Crippen molar-refractivity contribution < 1.29 is 14.3 Å². The van der Waals surface area contributed by atoms with E-state index in [1.54, 1.807) is 0 Å². The predicted octanol–water partition coefficient (Wildman–Crippen LogP) is 4.12. The lowest BCUT2D eigenvalue weighted by Gasteiger charge is -2.13. The Hall–Kier alpha value is -2.03. The van der Waals surface area contributed by atoms with Gasteiger partial charge >= 0.3 is 5.97 Å². The molecule has 2 aromatic rings. The van der Waals surface area contributed by atoms with Crippen molar-refractivity contribution in [2.45, 2.75) is 39.7 Å². The summed E-state index contributed by atoms with van der Waals surface area (Å²) in [5.41, 5.74) is 0.972. The van der Waals surface area contributed by atoms with Crippen molar-refractivity contribution in [3.05, 3.63) is 42.0 Å². The maximum absolute atomic E-state index is 11.9. The molecule has 0 N–H and O–H groups in total. The molecule has 0 fully saturated rings. The molecule has 112 valence electrons. The van der Waals surface area contributed by atoms with Crippen LogP contribution >= 0.6 is 0 Å². The zero-order valence-electron chi connectivity index (χ0n) is 12.9. The molecule has 0 aliphatic carbocycles. The molecule has 2 rings (SSSR count). The van der Waals surface area contributed by atoms with Crippen molar-refractivity contribution in [2.24, 2.45) is 0 Å². The topological polar surface area (TPSA) is 35.5 Å². The van der Waals surface area contributed by atoms with Gasteiger partial charge < -0.3 is 9.47 Å². The lowest BCUT2D eigenvalue weighted by atomic mass is 10.0. The molecule has 0 radical (unpaired) electrons. The van der Waals surface area contributed by atoms with Crippen LogP contribution in [0, 0.1) is 0 Å². The number of carbonyl (C=O) groups excluding carboxylic acids is 1. The first-order valence-corrected chi connectivity index (χ1v) is 7.44. The Labute approximate surface area is 125 Å². The number of rotatable bonds is 6. The number of esters is 1. The number of hydrogen-bond acceptors (Lipinski definition) is 3. The first-order valence-electron chi connectivity index (χ1n) is 7.44. The van der Waals surface area contributed by atoms with Gasteiger partial charge in [0.15, 0.2) is 0 Å². The van der Waals surface area contributed by atoms with Crippen LogP contribution in [0.3, 0.4) is 0 Å². The van der Waals surface area contributed by atoms with Gasteiger partial charge in [0.2, 0.25) is 0 Å². The minimum absolute atomic E-state index is 0.0871. The van der Waals surface area contributed by atoms with E-state index in [1.807, 2.05) is 50.2 Å². The van der Waals surface area contributed by atoms with Crippen molar-refractivity contribution in [3.63, 3.8) is 0 Å². The highest BCUT2D eigenvalue weighted by Gasteiger charge is 2.12. The number of fused-ring (bicyclic) bond motifs is 1. The van der Waals surface area contributed by atoms with E-state index in [0.29, 0.717) is 6.61 Å². The number of benzene rings is 2. The van der Waals surface area contributed by atoms with E-state index in [1.165, 1.54) is 0 Å². The third kappa shape index (κ3) is 3.97. The fourth-order valence-electron chi connectivity index (χ4n) is 2.29. The summed E-state index contributed by atoms with van der Waals surface area (Å²) in [7, 11) is 0. The van der Waals surface area contributed by atoms with Crippen molar-refractivity contribution in [1.29, 1.82) is 0 Å². The Kier molecular flexibility index (Phi) is 5.20. The van der Waals surface area contributed by atoms with Gasteiger partial charge in [0.1, 0.15) is 5.75 Å². The van der Waals surface area contributed by atoms with Crippen LogP contribution in [0.15, 0.2) is 36.4 Å². The van der Waals surface area contributed by atoms with Crippen LogP contribution in [-0.2, 0) is 16.0 Å². The van der Waals surface area contributed by atoms with Crippen molar-refractivity contribution in [1.82, 2.24) is 0 Å². The molecule has 0 spiro atoms. The largest absolute Gasteiger partial charge is 0.493 e. The number of hydrogen-bond donors (Lipinski definition) is 0. The molecule has 0 saturated heterocycles. The smallest absolute Gasteiger partial charge is 0.310 e. The van der Waals surface area contributed by atoms with E-state index < -0.39 is 0 Å². The molecule has 2 aromatic carbocycles. The average Bonchev–Trinajstić information content (AvgIpc) is 2.45. The number of carbonyl (C=O) groups is 1. The van der Waals surface area contributed by atoms with Gasteiger partial charge in [-0.3, -0.25) is 4.79 Å². The van der Waals surface area contributed by atoms with Crippen LogP contribution in [0.2, 0.25) is 0 Å². The second kappa shape index (κ2) is 7.11. The highest BCUT2D eigenvalue weighted by Crippen LogP contribution is 2.29. The highest BCUT2D eigenvalue weighted by atomic mass is 16.5. The summed E-state index contributed by atoms with van der Waals surface area (Å²) in [6, 6.07) is 11.9.